The number of hydrogen-bond donors (Lipinski definition) is 0. The largest absolute Gasteiger partial charge is 0.459 e. The fourth-order valence-corrected chi connectivity index (χ4v) is 2.53. The molecule has 23 heavy (non-hydrogen) atoms. The molecule has 1 aromatic carbocycles. The van der Waals surface area contributed by atoms with Gasteiger partial charge in [-0.15, -0.1) is 0 Å². The zero-order chi connectivity index (χ0) is 16.1. The molecule has 4 nitrogen and oxygen atoms in total. The lowest BCUT2D eigenvalue weighted by atomic mass is 10.1. The average molecular weight is 306 g/mol. The van der Waals surface area contributed by atoms with Gasteiger partial charge in [0, 0.05) is 18.9 Å². The van der Waals surface area contributed by atoms with Crippen molar-refractivity contribution in [2.75, 3.05) is 0 Å². The van der Waals surface area contributed by atoms with Crippen molar-refractivity contribution < 1.29 is 9.21 Å². The Morgan fingerprint density at radius 1 is 1.13 bits per heavy atom. The molecule has 0 spiro atoms. The molecule has 0 fully saturated rings. The lowest BCUT2D eigenvalue weighted by Gasteiger charge is -2.29. The molecule has 0 aliphatic heterocycles. The molecule has 3 rings (SSSR count). The second-order valence-corrected chi connectivity index (χ2v) is 5.36. The molecule has 0 unspecified atom stereocenters. The van der Waals surface area contributed by atoms with Crippen molar-refractivity contribution in [3.8, 4) is 0 Å². The van der Waals surface area contributed by atoms with Gasteiger partial charge in [-0.1, -0.05) is 36.4 Å². The Hall–Kier alpha value is -2.88. The van der Waals surface area contributed by atoms with Crippen LogP contribution in [0.4, 0.5) is 0 Å². The lowest BCUT2D eigenvalue weighted by molar-refractivity contribution is 0.0641. The molecular formula is C19H18N2O2. The maximum Gasteiger partial charge on any atom is 0.290 e. The molecule has 1 amide bonds. The number of nitrogens with zero attached hydrogens (tertiary/aromatic N) is 2. The number of rotatable bonds is 5. The van der Waals surface area contributed by atoms with Crippen LogP contribution >= 0.6 is 0 Å². The van der Waals surface area contributed by atoms with Gasteiger partial charge in [0.15, 0.2) is 5.76 Å². The van der Waals surface area contributed by atoms with Gasteiger partial charge >= 0.3 is 0 Å². The van der Waals surface area contributed by atoms with Crippen molar-refractivity contribution in [1.82, 2.24) is 9.88 Å². The summed E-state index contributed by atoms with van der Waals surface area (Å²) in [6.07, 6.45) is 5.02. The Labute approximate surface area is 135 Å². The SMILES string of the molecule is C[C@H](c1ccccc1)N(Cc1cccnc1)C(=O)c1ccco1. The van der Waals surface area contributed by atoms with Gasteiger partial charge in [-0.3, -0.25) is 9.78 Å². The number of amides is 1. The summed E-state index contributed by atoms with van der Waals surface area (Å²) in [7, 11) is 0. The predicted molar refractivity (Wildman–Crippen MR) is 87.7 cm³/mol. The molecule has 2 heterocycles. The standard InChI is InChI=1S/C19H18N2O2/c1-15(17-8-3-2-4-9-17)21(14-16-7-5-11-20-13-16)19(22)18-10-6-12-23-18/h2-13,15H,14H2,1H3/t15-/m1/s1. The number of aromatic nitrogens is 1. The Morgan fingerprint density at radius 3 is 2.61 bits per heavy atom. The number of furan rings is 1. The average Bonchev–Trinajstić information content (AvgIpc) is 3.15. The van der Waals surface area contributed by atoms with Crippen LogP contribution in [0.15, 0.2) is 77.7 Å². The summed E-state index contributed by atoms with van der Waals surface area (Å²) < 4.78 is 5.29. The van der Waals surface area contributed by atoms with Gasteiger partial charge in [-0.05, 0) is 36.2 Å². The zero-order valence-corrected chi connectivity index (χ0v) is 12.9. The van der Waals surface area contributed by atoms with Crippen LogP contribution in [0.2, 0.25) is 0 Å². The molecule has 0 aliphatic rings. The van der Waals surface area contributed by atoms with Gasteiger partial charge in [-0.25, -0.2) is 0 Å². The van der Waals surface area contributed by atoms with E-state index >= 15 is 0 Å². The van der Waals surface area contributed by atoms with E-state index in [1.165, 1.54) is 6.26 Å². The lowest BCUT2D eigenvalue weighted by Crippen LogP contribution is -2.33. The highest BCUT2D eigenvalue weighted by atomic mass is 16.3. The third-order valence-electron chi connectivity index (χ3n) is 3.82. The summed E-state index contributed by atoms with van der Waals surface area (Å²) in [5.74, 6) is 0.215. The van der Waals surface area contributed by atoms with Crippen LogP contribution in [-0.4, -0.2) is 15.8 Å². The number of benzene rings is 1. The van der Waals surface area contributed by atoms with Crippen LogP contribution < -0.4 is 0 Å². The molecule has 0 N–H and O–H groups in total. The number of hydrogen-bond acceptors (Lipinski definition) is 3. The van der Waals surface area contributed by atoms with E-state index in [2.05, 4.69) is 4.98 Å². The molecule has 4 heteroatoms. The van der Waals surface area contributed by atoms with Crippen LogP contribution in [0.3, 0.4) is 0 Å². The van der Waals surface area contributed by atoms with Crippen LogP contribution in [0.25, 0.3) is 0 Å². The first-order chi connectivity index (χ1) is 11.3. The minimum absolute atomic E-state index is 0.0750. The molecule has 0 saturated heterocycles. The fraction of sp³-hybridized carbons (Fsp3) is 0.158. The van der Waals surface area contributed by atoms with Crippen LogP contribution in [0.1, 0.15) is 34.6 Å². The number of carbonyl (C=O) groups excluding carboxylic acids is 1. The molecule has 1 atom stereocenters. The van der Waals surface area contributed by atoms with Crippen molar-refractivity contribution in [3.63, 3.8) is 0 Å². The summed E-state index contributed by atoms with van der Waals surface area (Å²) in [5.41, 5.74) is 2.06. The maximum atomic E-state index is 12.8. The van der Waals surface area contributed by atoms with Gasteiger partial charge in [0.1, 0.15) is 0 Å². The van der Waals surface area contributed by atoms with Crippen molar-refractivity contribution in [3.05, 3.63) is 90.1 Å². The summed E-state index contributed by atoms with van der Waals surface area (Å²) in [6.45, 7) is 2.50. The monoisotopic (exact) mass is 306 g/mol. The molecule has 3 aromatic rings. The highest BCUT2D eigenvalue weighted by Crippen LogP contribution is 2.24. The third-order valence-corrected chi connectivity index (χ3v) is 3.82. The van der Waals surface area contributed by atoms with E-state index in [9.17, 15) is 4.79 Å². The van der Waals surface area contributed by atoms with Crippen molar-refractivity contribution >= 4 is 5.91 Å². The van der Waals surface area contributed by atoms with Gasteiger partial charge < -0.3 is 9.32 Å². The Balaban J connectivity index is 1.91. The van der Waals surface area contributed by atoms with Gasteiger partial charge in [0.25, 0.3) is 5.91 Å². The maximum absolute atomic E-state index is 12.8. The number of carbonyl (C=O) groups is 1. The van der Waals surface area contributed by atoms with E-state index in [1.54, 1.807) is 29.4 Å². The molecule has 0 bridgehead atoms. The Bertz CT molecular complexity index is 740. The molecule has 0 radical (unpaired) electrons. The second-order valence-electron chi connectivity index (χ2n) is 5.36. The number of pyridine rings is 1. The van der Waals surface area contributed by atoms with Gasteiger partial charge in [0.05, 0.1) is 12.3 Å². The van der Waals surface area contributed by atoms with Gasteiger partial charge in [-0.2, -0.15) is 0 Å². The predicted octanol–water partition coefficient (Wildman–Crippen LogP) is 4.08. The summed E-state index contributed by atoms with van der Waals surface area (Å²) in [6, 6.07) is 17.2. The smallest absolute Gasteiger partial charge is 0.290 e. The summed E-state index contributed by atoms with van der Waals surface area (Å²) in [5, 5.41) is 0. The van der Waals surface area contributed by atoms with Crippen LogP contribution in [-0.2, 0) is 6.54 Å². The third kappa shape index (κ3) is 3.48. The van der Waals surface area contributed by atoms with Crippen molar-refractivity contribution in [2.45, 2.75) is 19.5 Å². The molecule has 2 aromatic heterocycles. The minimum Gasteiger partial charge on any atom is -0.459 e. The van der Waals surface area contributed by atoms with Crippen molar-refractivity contribution in [2.24, 2.45) is 0 Å². The Morgan fingerprint density at radius 2 is 1.96 bits per heavy atom. The van der Waals surface area contributed by atoms with E-state index < -0.39 is 0 Å². The first kappa shape index (κ1) is 15.0. The van der Waals surface area contributed by atoms with Crippen LogP contribution in [0, 0.1) is 0 Å². The molecule has 116 valence electrons. The molecular weight excluding hydrogens is 288 g/mol. The fourth-order valence-electron chi connectivity index (χ4n) is 2.53. The highest BCUT2D eigenvalue weighted by molar-refractivity contribution is 5.91. The first-order valence-corrected chi connectivity index (χ1v) is 7.54. The highest BCUT2D eigenvalue weighted by Gasteiger charge is 2.24. The first-order valence-electron chi connectivity index (χ1n) is 7.54. The second kappa shape index (κ2) is 6.92. The van der Waals surface area contributed by atoms with Crippen LogP contribution in [0.5, 0.6) is 0 Å². The zero-order valence-electron chi connectivity index (χ0n) is 12.9. The molecule has 0 aliphatic carbocycles. The summed E-state index contributed by atoms with van der Waals surface area (Å²) >= 11 is 0. The molecule has 0 saturated carbocycles. The van der Waals surface area contributed by atoms with E-state index in [1.807, 2.05) is 49.4 Å². The minimum atomic E-state index is -0.129. The van der Waals surface area contributed by atoms with Crippen molar-refractivity contribution in [1.29, 1.82) is 0 Å². The normalized spacial score (nSPS) is 11.9. The van der Waals surface area contributed by atoms with Gasteiger partial charge in [0.2, 0.25) is 0 Å². The summed E-state index contributed by atoms with van der Waals surface area (Å²) in [4.78, 5) is 18.8. The van der Waals surface area contributed by atoms with E-state index in [0.29, 0.717) is 12.3 Å². The van der Waals surface area contributed by atoms with E-state index in [-0.39, 0.29) is 11.9 Å². The topological polar surface area (TPSA) is 46.3 Å². The Kier molecular flexibility index (Phi) is 4.52. The quantitative estimate of drug-likeness (QED) is 0.713. The van der Waals surface area contributed by atoms with E-state index in [4.69, 9.17) is 4.42 Å². The van der Waals surface area contributed by atoms with E-state index in [0.717, 1.165) is 11.1 Å².